The highest BCUT2D eigenvalue weighted by Crippen LogP contribution is 2.24. The Morgan fingerprint density at radius 3 is 2.57 bits per heavy atom. The predicted molar refractivity (Wildman–Crippen MR) is 115 cm³/mol. The van der Waals surface area contributed by atoms with Crippen LogP contribution in [0.15, 0.2) is 24.3 Å². The fourth-order valence-electron chi connectivity index (χ4n) is 3.74. The number of urea groups is 1. The third-order valence-electron chi connectivity index (χ3n) is 5.09. The van der Waals surface area contributed by atoms with Gasteiger partial charge in [0, 0.05) is 19.1 Å². The molecule has 1 heterocycles. The van der Waals surface area contributed by atoms with E-state index in [2.05, 4.69) is 10.6 Å². The van der Waals surface area contributed by atoms with Crippen molar-refractivity contribution >= 4 is 18.0 Å². The van der Waals surface area contributed by atoms with Gasteiger partial charge < -0.3 is 26.0 Å². The van der Waals surface area contributed by atoms with Crippen molar-refractivity contribution in [2.75, 3.05) is 13.1 Å². The number of rotatable bonds is 6. The van der Waals surface area contributed by atoms with Gasteiger partial charge in [-0.25, -0.2) is 9.59 Å². The molecule has 0 bridgehead atoms. The molecule has 4 amide bonds. The molecule has 0 aliphatic carbocycles. The highest BCUT2D eigenvalue weighted by molar-refractivity contribution is 5.79. The topological polar surface area (TPSA) is 114 Å². The molecule has 30 heavy (non-hydrogen) atoms. The Morgan fingerprint density at radius 1 is 1.23 bits per heavy atom. The van der Waals surface area contributed by atoms with Gasteiger partial charge in [-0.05, 0) is 58.1 Å². The Morgan fingerprint density at radius 2 is 1.93 bits per heavy atom. The molecule has 8 nitrogen and oxygen atoms in total. The SMILES string of the molecule is Cc1ccccc1C(CC(=O)N1CCCCC1CNC(=O)OC(C)(C)C)NC(N)=O. The maximum Gasteiger partial charge on any atom is 0.407 e. The van der Waals surface area contributed by atoms with Crippen LogP contribution in [-0.2, 0) is 9.53 Å². The third-order valence-corrected chi connectivity index (χ3v) is 5.09. The number of hydrogen-bond donors (Lipinski definition) is 3. The Labute approximate surface area is 178 Å². The highest BCUT2D eigenvalue weighted by Gasteiger charge is 2.30. The molecule has 1 saturated heterocycles. The first-order valence-electron chi connectivity index (χ1n) is 10.4. The Bertz CT molecular complexity index is 760. The number of primary amides is 1. The van der Waals surface area contributed by atoms with Crippen molar-refractivity contribution in [3.8, 4) is 0 Å². The second-order valence-electron chi connectivity index (χ2n) is 8.74. The van der Waals surface area contributed by atoms with E-state index in [0.29, 0.717) is 13.1 Å². The number of carbonyl (C=O) groups excluding carboxylic acids is 3. The van der Waals surface area contributed by atoms with E-state index in [1.54, 1.807) is 25.7 Å². The molecule has 0 saturated carbocycles. The quantitative estimate of drug-likeness (QED) is 0.659. The van der Waals surface area contributed by atoms with Gasteiger partial charge in [0.25, 0.3) is 0 Å². The summed E-state index contributed by atoms with van der Waals surface area (Å²) in [5, 5.41) is 5.47. The number of piperidine rings is 1. The summed E-state index contributed by atoms with van der Waals surface area (Å²) in [5.74, 6) is -0.0762. The van der Waals surface area contributed by atoms with Crippen molar-refractivity contribution in [2.24, 2.45) is 5.73 Å². The van der Waals surface area contributed by atoms with Crippen LogP contribution in [0.1, 0.15) is 63.6 Å². The number of ether oxygens (including phenoxy) is 1. The first-order valence-corrected chi connectivity index (χ1v) is 10.4. The van der Waals surface area contributed by atoms with Gasteiger partial charge in [-0.15, -0.1) is 0 Å². The molecule has 8 heteroatoms. The molecule has 0 spiro atoms. The number of nitrogens with one attached hydrogen (secondary N) is 2. The molecule has 1 aliphatic rings. The van der Waals surface area contributed by atoms with E-state index in [1.165, 1.54) is 0 Å². The summed E-state index contributed by atoms with van der Waals surface area (Å²) in [5.41, 5.74) is 6.62. The lowest BCUT2D eigenvalue weighted by atomic mass is 9.96. The zero-order valence-electron chi connectivity index (χ0n) is 18.4. The van der Waals surface area contributed by atoms with Crippen LogP contribution in [-0.4, -0.2) is 47.7 Å². The Kier molecular flexibility index (Phi) is 8.08. The average molecular weight is 419 g/mol. The monoisotopic (exact) mass is 418 g/mol. The van der Waals surface area contributed by atoms with E-state index in [1.807, 2.05) is 31.2 Å². The molecule has 1 aromatic carbocycles. The Hall–Kier alpha value is -2.77. The van der Waals surface area contributed by atoms with Gasteiger partial charge in [-0.2, -0.15) is 0 Å². The van der Waals surface area contributed by atoms with Crippen molar-refractivity contribution in [3.05, 3.63) is 35.4 Å². The van der Waals surface area contributed by atoms with Crippen LogP contribution in [0.2, 0.25) is 0 Å². The standard InChI is InChI=1S/C22H34N4O4/c1-15-9-5-6-11-17(15)18(25-20(23)28)13-19(27)26-12-8-7-10-16(26)14-24-21(29)30-22(2,3)4/h5-6,9,11,16,18H,7-8,10,12-14H2,1-4H3,(H,24,29)(H3,23,25,28). The molecule has 2 unspecified atom stereocenters. The highest BCUT2D eigenvalue weighted by atomic mass is 16.6. The van der Waals surface area contributed by atoms with Gasteiger partial charge in [0.2, 0.25) is 5.91 Å². The van der Waals surface area contributed by atoms with Crippen LogP contribution in [0.4, 0.5) is 9.59 Å². The van der Waals surface area contributed by atoms with Crippen LogP contribution in [0.5, 0.6) is 0 Å². The minimum Gasteiger partial charge on any atom is -0.444 e. The number of carbonyl (C=O) groups is 3. The molecule has 2 rings (SSSR count). The molecule has 0 aromatic heterocycles. The van der Waals surface area contributed by atoms with Crippen LogP contribution in [0, 0.1) is 6.92 Å². The number of nitrogens with zero attached hydrogens (tertiary/aromatic N) is 1. The lowest BCUT2D eigenvalue weighted by molar-refractivity contribution is -0.135. The average Bonchev–Trinajstić information content (AvgIpc) is 2.64. The number of benzene rings is 1. The Balaban J connectivity index is 2.06. The van der Waals surface area contributed by atoms with Crippen molar-refractivity contribution in [1.29, 1.82) is 0 Å². The van der Waals surface area contributed by atoms with E-state index >= 15 is 0 Å². The summed E-state index contributed by atoms with van der Waals surface area (Å²) in [6, 6.07) is 6.33. The molecule has 0 radical (unpaired) electrons. The normalized spacial score (nSPS) is 17.7. The second-order valence-corrected chi connectivity index (χ2v) is 8.74. The molecule has 2 atom stereocenters. The van der Waals surface area contributed by atoms with Crippen molar-refractivity contribution in [2.45, 2.75) is 71.1 Å². The van der Waals surface area contributed by atoms with Crippen LogP contribution < -0.4 is 16.4 Å². The van der Waals surface area contributed by atoms with Crippen LogP contribution in [0.25, 0.3) is 0 Å². The van der Waals surface area contributed by atoms with Crippen molar-refractivity contribution < 1.29 is 19.1 Å². The molecular weight excluding hydrogens is 384 g/mol. The van der Waals surface area contributed by atoms with E-state index in [9.17, 15) is 14.4 Å². The van der Waals surface area contributed by atoms with Gasteiger partial charge in [0.05, 0.1) is 12.5 Å². The first kappa shape index (κ1) is 23.5. The van der Waals surface area contributed by atoms with E-state index < -0.39 is 23.8 Å². The van der Waals surface area contributed by atoms with Gasteiger partial charge in [-0.3, -0.25) is 4.79 Å². The molecule has 166 valence electrons. The van der Waals surface area contributed by atoms with Crippen molar-refractivity contribution in [1.82, 2.24) is 15.5 Å². The maximum atomic E-state index is 13.1. The summed E-state index contributed by atoms with van der Waals surface area (Å²) in [6.07, 6.45) is 2.32. The smallest absolute Gasteiger partial charge is 0.407 e. The number of nitrogens with two attached hydrogens (primary N) is 1. The van der Waals surface area contributed by atoms with Gasteiger partial charge >= 0.3 is 12.1 Å². The molecular formula is C22H34N4O4. The van der Waals surface area contributed by atoms with Crippen LogP contribution in [0.3, 0.4) is 0 Å². The minimum absolute atomic E-state index is 0.0762. The summed E-state index contributed by atoms with van der Waals surface area (Å²) in [7, 11) is 0. The fraction of sp³-hybridized carbons (Fsp3) is 0.591. The number of alkyl carbamates (subject to hydrolysis) is 1. The zero-order chi connectivity index (χ0) is 22.3. The lowest BCUT2D eigenvalue weighted by Crippen LogP contribution is -2.50. The molecule has 1 fully saturated rings. The lowest BCUT2D eigenvalue weighted by Gasteiger charge is -2.37. The number of amides is 4. The number of aryl methyl sites for hydroxylation is 1. The third kappa shape index (κ3) is 7.24. The first-order chi connectivity index (χ1) is 14.1. The summed E-state index contributed by atoms with van der Waals surface area (Å²) in [6.45, 7) is 8.31. The molecule has 4 N–H and O–H groups in total. The number of likely N-dealkylation sites (tertiary alicyclic amines) is 1. The van der Waals surface area contributed by atoms with E-state index in [-0.39, 0.29) is 18.4 Å². The summed E-state index contributed by atoms with van der Waals surface area (Å²) in [4.78, 5) is 38.5. The minimum atomic E-state index is -0.669. The van der Waals surface area contributed by atoms with Crippen LogP contribution >= 0.6 is 0 Å². The molecule has 1 aliphatic heterocycles. The van der Waals surface area contributed by atoms with Gasteiger partial charge in [-0.1, -0.05) is 24.3 Å². The maximum absolute atomic E-state index is 13.1. The van der Waals surface area contributed by atoms with Crippen molar-refractivity contribution in [3.63, 3.8) is 0 Å². The zero-order valence-corrected chi connectivity index (χ0v) is 18.4. The van der Waals surface area contributed by atoms with Gasteiger partial charge in [0.1, 0.15) is 5.60 Å². The van der Waals surface area contributed by atoms with E-state index in [0.717, 1.165) is 30.4 Å². The predicted octanol–water partition coefficient (Wildman–Crippen LogP) is 3.00. The largest absolute Gasteiger partial charge is 0.444 e. The number of hydrogen-bond acceptors (Lipinski definition) is 4. The summed E-state index contributed by atoms with van der Waals surface area (Å²) < 4.78 is 5.29. The van der Waals surface area contributed by atoms with Gasteiger partial charge in [0.15, 0.2) is 0 Å². The summed E-state index contributed by atoms with van der Waals surface area (Å²) >= 11 is 0. The second kappa shape index (κ2) is 10.3. The molecule has 1 aromatic rings. The van der Waals surface area contributed by atoms with E-state index in [4.69, 9.17) is 10.5 Å². The fourth-order valence-corrected chi connectivity index (χ4v) is 3.74.